The van der Waals surface area contributed by atoms with Crippen LogP contribution >= 0.6 is 15.9 Å². The van der Waals surface area contributed by atoms with E-state index >= 15 is 24.0 Å². The number of rotatable bonds is 36. The van der Waals surface area contributed by atoms with Gasteiger partial charge in [-0.05, 0) is 98.1 Å². The van der Waals surface area contributed by atoms with E-state index < -0.39 is 257 Å². The van der Waals surface area contributed by atoms with Gasteiger partial charge in [-0.2, -0.15) is 8.42 Å². The van der Waals surface area contributed by atoms with Gasteiger partial charge in [-0.3, -0.25) is 91.5 Å². The Morgan fingerprint density at radius 2 is 1.33 bits per heavy atom. The molecule has 0 saturated carbocycles. The maximum Gasteiger partial charge on any atom is 0.267 e. The zero-order chi connectivity index (χ0) is 90.8. The number of nitrogens with one attached hydrogen (secondary N) is 15. The first-order valence-corrected chi connectivity index (χ1v) is 41.9. The number of aliphatic hydroxyl groups is 1. The molecular formula is C79H111BrN20O21S. The summed E-state index contributed by atoms with van der Waals surface area (Å²) in [6, 6.07) is -0.157. The van der Waals surface area contributed by atoms with Crippen LogP contribution in [0.4, 0.5) is 0 Å². The molecule has 23 N–H and O–H groups in total. The van der Waals surface area contributed by atoms with Gasteiger partial charge in [0.05, 0.1) is 19.1 Å². The molecule has 41 nitrogen and oxygen atoms in total. The van der Waals surface area contributed by atoms with Crippen molar-refractivity contribution in [1.29, 1.82) is 5.41 Å². The highest BCUT2D eigenvalue weighted by molar-refractivity contribution is 9.10. The second-order valence-corrected chi connectivity index (χ2v) is 34.1. The van der Waals surface area contributed by atoms with Crippen molar-refractivity contribution in [3.63, 3.8) is 0 Å². The van der Waals surface area contributed by atoms with Gasteiger partial charge < -0.3 is 106 Å². The number of halogens is 1. The van der Waals surface area contributed by atoms with Gasteiger partial charge >= 0.3 is 0 Å². The molecule has 4 aromatic rings. The first kappa shape index (κ1) is 98.8. The number of nitrogens with zero attached hydrogens (tertiary/aromatic N) is 2. The molecule has 0 radical (unpaired) electrons. The second-order valence-electron chi connectivity index (χ2n) is 31.7. The van der Waals surface area contributed by atoms with E-state index in [-0.39, 0.29) is 45.2 Å². The van der Waals surface area contributed by atoms with Crippen LogP contribution in [0, 0.1) is 22.7 Å². The Bertz CT molecular complexity index is 4610. The number of fused-ring (bicyclic) bond motifs is 1. The van der Waals surface area contributed by atoms with Gasteiger partial charge in [0.1, 0.15) is 84.3 Å². The summed E-state index contributed by atoms with van der Waals surface area (Å²) in [5.74, 6) is -21.5. The van der Waals surface area contributed by atoms with Gasteiger partial charge in [0.2, 0.25) is 95.0 Å². The first-order valence-electron chi connectivity index (χ1n) is 39.5. The Hall–Kier alpha value is -12.0. The predicted molar refractivity (Wildman–Crippen MR) is 445 cm³/mol. The average molecular weight is 1790 g/mol. The Morgan fingerprint density at radius 3 is 1.94 bits per heavy atom. The van der Waals surface area contributed by atoms with Crippen molar-refractivity contribution in [2.45, 2.75) is 211 Å². The standard InChI is InChI=1S/C79H111BrN20O21S/c1-40(2)61(95-72(113)58-22-16-30-100(58)76(117)55(93-65(106)42(4)88-39-101)33-45-23-25-47(80)26-24-45)73(114)98-64(79(6,7)8)75(116)92-53(34-46-36-86-50-20-14-13-19-49(46)50)68(109)89-51(21-15-29-85-78(83)84)67(108)94-56(38-122(119,120)121)70(111)96-62-41(3)31-48(103)37-87-66(107)54(35-60(82)105)91-74(115)63(43(5)102)97-69(110)52(32-44-17-11-10-12-18-44)90-71(112)57(27-28-59(81)104)99(9)77(62)118/h10-14,17-20,23-26,36,39-43,51-58,61-64,86,102H,15-16,21-22,27-35,37-38H2,1-9H3,(H2,81,104)(H2,82,105)(H,87,107)(H,88,101)(H,89,109)(H,90,112)(H,91,115)(H,92,116)(H,93,106)(H,94,108)(H,95,113)(H,96,111)(H,97,110)(H,98,114)(H4,83,84,85)(H,119,120,121)/t41-,42+,43+,51-,52+,53-,54-,55-,56+,57-,58-,61+,62-,63-,64+/m0/s1. The lowest BCUT2D eigenvalue weighted by atomic mass is 9.85. The van der Waals surface area contributed by atoms with Crippen LogP contribution in [-0.2, 0) is 111 Å². The largest absolute Gasteiger partial charge is 0.391 e. The summed E-state index contributed by atoms with van der Waals surface area (Å²) in [4.78, 5) is 245. The lowest BCUT2D eigenvalue weighted by Crippen LogP contribution is -2.63. The molecule has 3 heterocycles. The summed E-state index contributed by atoms with van der Waals surface area (Å²) in [5, 5.41) is 51.4. The summed E-state index contributed by atoms with van der Waals surface area (Å²) < 4.78 is 37.4. The zero-order valence-electron chi connectivity index (χ0n) is 69.1. The lowest BCUT2D eigenvalue weighted by Gasteiger charge is -2.35. The number of likely N-dealkylation sites (tertiary alicyclic amines) is 1. The van der Waals surface area contributed by atoms with E-state index in [1.165, 1.54) is 18.7 Å². The fourth-order valence-electron chi connectivity index (χ4n) is 13.8. The number of carbonyl (C=O) groups excluding carboxylic acids is 17. The number of Topliss-reactive ketones (excluding diaryl/α,β-unsaturated/α-hetero) is 1. The number of ketones is 1. The number of nitrogens with two attached hydrogens (primary N) is 3. The van der Waals surface area contributed by atoms with Gasteiger partial charge in [-0.1, -0.05) is 118 Å². The summed E-state index contributed by atoms with van der Waals surface area (Å²) in [7, 11) is -4.40. The molecule has 15 atom stereocenters. The van der Waals surface area contributed by atoms with E-state index in [0.717, 1.165) is 18.4 Å². The van der Waals surface area contributed by atoms with Crippen LogP contribution in [-0.4, -0.2) is 257 Å². The topological polar surface area (TPSA) is 645 Å². The van der Waals surface area contributed by atoms with Crippen LogP contribution in [0.25, 0.3) is 10.9 Å². The number of para-hydroxylation sites is 1. The third kappa shape index (κ3) is 30.0. The molecule has 1 aromatic heterocycles. The van der Waals surface area contributed by atoms with Crippen LogP contribution in [0.3, 0.4) is 0 Å². The van der Waals surface area contributed by atoms with Crippen molar-refractivity contribution in [3.8, 4) is 0 Å². The maximum atomic E-state index is 15.4. The number of benzene rings is 3. The molecule has 0 aliphatic carbocycles. The summed E-state index contributed by atoms with van der Waals surface area (Å²) in [6.45, 7) is 10.7. The number of guanidine groups is 1. The molecule has 6 rings (SSSR count). The van der Waals surface area contributed by atoms with Crippen molar-refractivity contribution in [2.75, 3.05) is 32.4 Å². The molecule has 43 heteroatoms. The van der Waals surface area contributed by atoms with Crippen molar-refractivity contribution in [2.24, 2.45) is 34.5 Å². The Balaban J connectivity index is 1.35. The molecule has 0 spiro atoms. The molecule has 0 unspecified atom stereocenters. The number of aliphatic hydroxyl groups excluding tert-OH is 1. The van der Waals surface area contributed by atoms with Crippen LogP contribution in [0.15, 0.2) is 89.5 Å². The van der Waals surface area contributed by atoms with E-state index in [1.807, 2.05) is 0 Å². The first-order chi connectivity index (χ1) is 57.3. The van der Waals surface area contributed by atoms with Gasteiger partial charge in [-0.15, -0.1) is 0 Å². The predicted octanol–water partition coefficient (Wildman–Crippen LogP) is -4.14. The van der Waals surface area contributed by atoms with Gasteiger partial charge in [-0.25, -0.2) is 0 Å². The van der Waals surface area contributed by atoms with Gasteiger partial charge in [0.25, 0.3) is 10.1 Å². The van der Waals surface area contributed by atoms with E-state index in [4.69, 9.17) is 22.6 Å². The molecule has 666 valence electrons. The minimum Gasteiger partial charge on any atom is -0.391 e. The number of carbonyl (C=O) groups is 17. The minimum absolute atomic E-state index is 0.0108. The summed E-state index contributed by atoms with van der Waals surface area (Å²) >= 11 is 3.39. The van der Waals surface area contributed by atoms with Crippen molar-refractivity contribution in [1.82, 2.24) is 83.9 Å². The highest BCUT2D eigenvalue weighted by Crippen LogP contribution is 2.26. The number of likely N-dealkylation sites (N-methyl/N-ethyl adjacent to an activating group) is 1. The van der Waals surface area contributed by atoms with Crippen LogP contribution in [0.2, 0.25) is 0 Å². The molecule has 3 aromatic carbocycles. The molecule has 2 fully saturated rings. The third-order valence-electron chi connectivity index (χ3n) is 20.5. The molecular weight excluding hydrogens is 1680 g/mol. The minimum atomic E-state index is -5.41. The fourth-order valence-corrected chi connectivity index (χ4v) is 14.7. The Labute approximate surface area is 712 Å². The monoisotopic (exact) mass is 1790 g/mol. The normalized spacial score (nSPS) is 20.4. The molecule has 2 saturated heterocycles. The quantitative estimate of drug-likeness (QED) is 0.00676. The molecule has 122 heavy (non-hydrogen) atoms. The fraction of sp³-hybridized carbons (Fsp3) is 0.519. The van der Waals surface area contributed by atoms with Crippen molar-refractivity contribution in [3.05, 3.63) is 106 Å². The number of hydrogen-bond acceptors (Lipinski definition) is 21. The third-order valence-corrected chi connectivity index (χ3v) is 21.8. The summed E-state index contributed by atoms with van der Waals surface area (Å²) in [5.41, 5.74) is 17.4. The Kier molecular flexibility index (Phi) is 36.9. The number of amides is 16. The SMILES string of the molecule is CC(C)[C@@H](NC(=O)[C@@H]1CCCN1C(=O)[C@H](Cc1ccc(Br)cc1)NC(=O)[C@@H](C)NC=O)C(=O)N[C@H](C(=O)N[C@@H](Cc1c[nH]c2ccccc12)C(=O)N[C@@H](CCCNC(=N)N)C(=O)N[C@H](CS(=O)(=O)O)C(=O)N[C@@H]1C(=O)N(C)[C@@H](CCC(N)=O)C(=O)N[C@H](Cc2ccccc2)C(=O)N[C@@H]([C@@H](C)O)C(=O)N[C@@H](CC(N)=O)C(=O)NCC(=O)C[C@@H]1C)C(C)(C)C. The Morgan fingerprint density at radius 1 is 0.705 bits per heavy atom. The van der Waals surface area contributed by atoms with E-state index in [1.54, 1.807) is 120 Å². The average Bonchev–Trinajstić information content (AvgIpc) is 1.61. The molecule has 0 bridgehead atoms. The highest BCUT2D eigenvalue weighted by atomic mass is 79.9. The number of H-pyrrole nitrogens is 1. The van der Waals surface area contributed by atoms with Crippen LogP contribution in [0.1, 0.15) is 123 Å². The number of hydrogen-bond donors (Lipinski definition) is 20. The number of aromatic nitrogens is 1. The molecule has 2 aliphatic rings. The smallest absolute Gasteiger partial charge is 0.267 e. The van der Waals surface area contributed by atoms with Crippen molar-refractivity contribution < 1.29 is 99.6 Å². The van der Waals surface area contributed by atoms with E-state index in [0.29, 0.717) is 45.3 Å². The molecule has 2 aliphatic heterocycles. The van der Waals surface area contributed by atoms with Gasteiger partial charge in [0, 0.05) is 73.8 Å². The lowest BCUT2D eigenvalue weighted by molar-refractivity contribution is -0.144. The number of primary amides is 2. The second kappa shape index (κ2) is 45.6. The van der Waals surface area contributed by atoms with Crippen LogP contribution < -0.4 is 86.3 Å². The van der Waals surface area contributed by atoms with E-state index in [9.17, 15) is 75.6 Å². The summed E-state index contributed by atoms with van der Waals surface area (Å²) in [6.07, 6.45) is -3.66. The highest BCUT2D eigenvalue weighted by Gasteiger charge is 2.45. The van der Waals surface area contributed by atoms with Crippen LogP contribution in [0.5, 0.6) is 0 Å². The van der Waals surface area contributed by atoms with Gasteiger partial charge in [0.15, 0.2) is 11.7 Å². The van der Waals surface area contributed by atoms with E-state index in [2.05, 4.69) is 90.0 Å². The number of aromatic amines is 1. The zero-order valence-corrected chi connectivity index (χ0v) is 71.5. The maximum absolute atomic E-state index is 15.4. The molecule has 16 amide bonds. The van der Waals surface area contributed by atoms with Crippen molar-refractivity contribution >= 4 is 144 Å².